The number of rotatable bonds is 3. The Morgan fingerprint density at radius 1 is 1.00 bits per heavy atom. The number of aryl methyl sites for hydroxylation is 2. The van der Waals surface area contributed by atoms with Crippen molar-refractivity contribution in [3.05, 3.63) is 59.2 Å². The molecule has 1 fully saturated rings. The topological polar surface area (TPSA) is 66.5 Å². The monoisotopic (exact) mass is 322 g/mol. The van der Waals surface area contributed by atoms with Crippen molar-refractivity contribution in [3.8, 4) is 0 Å². The van der Waals surface area contributed by atoms with Gasteiger partial charge >= 0.3 is 0 Å². The second-order valence-corrected chi connectivity index (χ2v) is 5.95. The Balaban J connectivity index is 1.84. The van der Waals surface area contributed by atoms with Crippen LogP contribution in [0.4, 0.5) is 11.4 Å². The van der Waals surface area contributed by atoms with E-state index in [9.17, 15) is 14.4 Å². The maximum Gasteiger partial charge on any atom is 0.255 e. The molecule has 0 atom stereocenters. The van der Waals surface area contributed by atoms with Crippen molar-refractivity contribution >= 4 is 29.1 Å². The summed E-state index contributed by atoms with van der Waals surface area (Å²) in [5.41, 5.74) is 3.68. The molecule has 1 aliphatic heterocycles. The maximum atomic E-state index is 12.5. The molecule has 2 aromatic rings. The SMILES string of the molecule is Cc1ccc(NC(=O)c2cccc(N3C(=O)CCC3=O)c2)c(C)c1. The molecular formula is C19H18N2O3. The molecule has 0 saturated carbocycles. The highest BCUT2D eigenvalue weighted by Gasteiger charge is 2.30. The Morgan fingerprint density at radius 2 is 1.71 bits per heavy atom. The Hall–Kier alpha value is -2.95. The highest BCUT2D eigenvalue weighted by atomic mass is 16.2. The zero-order chi connectivity index (χ0) is 17.3. The van der Waals surface area contributed by atoms with Gasteiger partial charge in [-0.2, -0.15) is 0 Å². The first kappa shape index (κ1) is 15.9. The first-order valence-corrected chi connectivity index (χ1v) is 7.80. The van der Waals surface area contributed by atoms with E-state index in [0.717, 1.165) is 21.7 Å². The summed E-state index contributed by atoms with van der Waals surface area (Å²) in [6.45, 7) is 3.92. The van der Waals surface area contributed by atoms with Gasteiger partial charge in [-0.25, -0.2) is 0 Å². The standard InChI is InChI=1S/C19H18N2O3/c1-12-6-7-16(13(2)10-12)20-19(24)14-4-3-5-15(11-14)21-17(22)8-9-18(21)23/h3-7,10-11H,8-9H2,1-2H3,(H,20,24). The van der Waals surface area contributed by atoms with Gasteiger partial charge in [0.25, 0.3) is 5.91 Å². The molecule has 2 aromatic carbocycles. The van der Waals surface area contributed by atoms with Gasteiger partial charge in [0, 0.05) is 24.1 Å². The molecule has 0 spiro atoms. The third kappa shape index (κ3) is 3.06. The fourth-order valence-electron chi connectivity index (χ4n) is 2.80. The summed E-state index contributed by atoms with van der Waals surface area (Å²) < 4.78 is 0. The van der Waals surface area contributed by atoms with Crippen molar-refractivity contribution in [1.82, 2.24) is 0 Å². The average Bonchev–Trinajstić information content (AvgIpc) is 2.89. The lowest BCUT2D eigenvalue weighted by Crippen LogP contribution is -2.28. The number of benzene rings is 2. The van der Waals surface area contributed by atoms with E-state index >= 15 is 0 Å². The number of nitrogens with one attached hydrogen (secondary N) is 1. The van der Waals surface area contributed by atoms with Crippen LogP contribution in [0.2, 0.25) is 0 Å². The fourth-order valence-corrected chi connectivity index (χ4v) is 2.80. The number of hydrogen-bond acceptors (Lipinski definition) is 3. The minimum absolute atomic E-state index is 0.220. The highest BCUT2D eigenvalue weighted by molar-refractivity contribution is 6.20. The quantitative estimate of drug-likeness (QED) is 0.882. The van der Waals surface area contributed by atoms with Crippen LogP contribution in [-0.2, 0) is 9.59 Å². The number of carbonyl (C=O) groups excluding carboxylic acids is 3. The van der Waals surface area contributed by atoms with E-state index in [1.54, 1.807) is 24.3 Å². The normalized spacial score (nSPS) is 14.2. The van der Waals surface area contributed by atoms with E-state index in [1.807, 2.05) is 32.0 Å². The molecule has 1 aliphatic rings. The van der Waals surface area contributed by atoms with Gasteiger partial charge < -0.3 is 5.32 Å². The number of imide groups is 1. The van der Waals surface area contributed by atoms with Gasteiger partial charge in [-0.15, -0.1) is 0 Å². The van der Waals surface area contributed by atoms with Crippen LogP contribution in [0.3, 0.4) is 0 Å². The molecule has 1 saturated heterocycles. The molecular weight excluding hydrogens is 304 g/mol. The van der Waals surface area contributed by atoms with Crippen LogP contribution in [0.25, 0.3) is 0 Å². The van der Waals surface area contributed by atoms with E-state index < -0.39 is 0 Å². The number of nitrogens with zero attached hydrogens (tertiary/aromatic N) is 1. The third-order valence-electron chi connectivity index (χ3n) is 4.05. The summed E-state index contributed by atoms with van der Waals surface area (Å²) in [6, 6.07) is 12.3. The van der Waals surface area contributed by atoms with Gasteiger partial charge in [0.2, 0.25) is 11.8 Å². The molecule has 0 bridgehead atoms. The molecule has 3 rings (SSSR count). The lowest BCUT2D eigenvalue weighted by atomic mass is 10.1. The molecule has 24 heavy (non-hydrogen) atoms. The molecule has 0 unspecified atom stereocenters. The summed E-state index contributed by atoms with van der Waals surface area (Å²) in [7, 11) is 0. The number of carbonyl (C=O) groups is 3. The minimum Gasteiger partial charge on any atom is -0.322 e. The molecule has 0 aromatic heterocycles. The largest absolute Gasteiger partial charge is 0.322 e. The second-order valence-electron chi connectivity index (χ2n) is 5.95. The Labute approximate surface area is 140 Å². The summed E-state index contributed by atoms with van der Waals surface area (Å²) in [6.07, 6.45) is 0.440. The molecule has 3 amide bonds. The number of anilines is 2. The van der Waals surface area contributed by atoms with Crippen molar-refractivity contribution in [1.29, 1.82) is 0 Å². The van der Waals surface area contributed by atoms with Crippen molar-refractivity contribution in [2.45, 2.75) is 26.7 Å². The smallest absolute Gasteiger partial charge is 0.255 e. The van der Waals surface area contributed by atoms with Crippen molar-refractivity contribution in [2.75, 3.05) is 10.2 Å². The molecule has 0 radical (unpaired) electrons. The first-order chi connectivity index (χ1) is 11.5. The zero-order valence-corrected chi connectivity index (χ0v) is 13.6. The van der Waals surface area contributed by atoms with Crippen LogP contribution < -0.4 is 10.2 Å². The van der Waals surface area contributed by atoms with E-state index in [1.165, 1.54) is 0 Å². The summed E-state index contributed by atoms with van der Waals surface area (Å²) in [4.78, 5) is 37.3. The average molecular weight is 322 g/mol. The highest BCUT2D eigenvalue weighted by Crippen LogP contribution is 2.24. The van der Waals surface area contributed by atoms with E-state index in [4.69, 9.17) is 0 Å². The molecule has 0 aliphatic carbocycles. The van der Waals surface area contributed by atoms with Crippen molar-refractivity contribution in [2.24, 2.45) is 0 Å². The van der Waals surface area contributed by atoms with Gasteiger partial charge in [0.15, 0.2) is 0 Å². The number of amides is 3. The van der Waals surface area contributed by atoms with E-state index in [0.29, 0.717) is 11.3 Å². The maximum absolute atomic E-state index is 12.5. The predicted molar refractivity (Wildman–Crippen MR) is 92.0 cm³/mol. The predicted octanol–water partition coefficient (Wildman–Crippen LogP) is 3.21. The van der Waals surface area contributed by atoms with Gasteiger partial charge in [-0.1, -0.05) is 23.8 Å². The third-order valence-corrected chi connectivity index (χ3v) is 4.05. The summed E-state index contributed by atoms with van der Waals surface area (Å²) in [5.74, 6) is -0.734. The Morgan fingerprint density at radius 3 is 2.38 bits per heavy atom. The van der Waals surface area contributed by atoms with Gasteiger partial charge in [-0.05, 0) is 43.7 Å². The summed E-state index contributed by atoms with van der Waals surface area (Å²) in [5, 5.41) is 2.87. The lowest BCUT2D eigenvalue weighted by Gasteiger charge is -2.15. The van der Waals surface area contributed by atoms with Crippen LogP contribution in [0, 0.1) is 13.8 Å². The van der Waals surface area contributed by atoms with Crippen LogP contribution in [-0.4, -0.2) is 17.7 Å². The number of hydrogen-bond donors (Lipinski definition) is 1. The van der Waals surface area contributed by atoms with Crippen molar-refractivity contribution < 1.29 is 14.4 Å². The van der Waals surface area contributed by atoms with E-state index in [2.05, 4.69) is 5.32 Å². The Kier molecular flexibility index (Phi) is 4.16. The molecule has 122 valence electrons. The van der Waals surface area contributed by atoms with Crippen LogP contribution in [0.5, 0.6) is 0 Å². The first-order valence-electron chi connectivity index (χ1n) is 7.80. The van der Waals surface area contributed by atoms with Gasteiger partial charge in [0.05, 0.1) is 5.69 Å². The molecule has 5 nitrogen and oxygen atoms in total. The lowest BCUT2D eigenvalue weighted by molar-refractivity contribution is -0.121. The van der Waals surface area contributed by atoms with Crippen LogP contribution in [0.15, 0.2) is 42.5 Å². The zero-order valence-electron chi connectivity index (χ0n) is 13.6. The molecule has 5 heteroatoms. The minimum atomic E-state index is -0.275. The second kappa shape index (κ2) is 6.28. The molecule has 1 N–H and O–H groups in total. The molecule has 1 heterocycles. The summed E-state index contributed by atoms with van der Waals surface area (Å²) >= 11 is 0. The van der Waals surface area contributed by atoms with Crippen LogP contribution in [0.1, 0.15) is 34.3 Å². The Bertz CT molecular complexity index is 826. The van der Waals surface area contributed by atoms with Gasteiger partial charge in [-0.3, -0.25) is 19.3 Å². The van der Waals surface area contributed by atoms with Gasteiger partial charge in [0.1, 0.15) is 0 Å². The van der Waals surface area contributed by atoms with Crippen LogP contribution >= 0.6 is 0 Å². The van der Waals surface area contributed by atoms with Crippen molar-refractivity contribution in [3.63, 3.8) is 0 Å². The van der Waals surface area contributed by atoms with E-state index in [-0.39, 0.29) is 30.6 Å². The fraction of sp³-hybridized carbons (Fsp3) is 0.211.